The van der Waals surface area contributed by atoms with Crippen LogP contribution in [0.25, 0.3) is 0 Å². The summed E-state index contributed by atoms with van der Waals surface area (Å²) in [6.45, 7) is 10.5. The zero-order chi connectivity index (χ0) is 15.2. The van der Waals surface area contributed by atoms with Crippen molar-refractivity contribution in [2.75, 3.05) is 25.5 Å². The lowest BCUT2D eigenvalue weighted by Crippen LogP contribution is -2.38. The van der Waals surface area contributed by atoms with E-state index < -0.39 is 0 Å². The van der Waals surface area contributed by atoms with E-state index in [4.69, 9.17) is 0 Å². The predicted octanol–water partition coefficient (Wildman–Crippen LogP) is 2.46. The average Bonchev–Trinajstić information content (AvgIpc) is 2.34. The molecule has 112 valence electrons. The van der Waals surface area contributed by atoms with Crippen LogP contribution in [0.5, 0.6) is 0 Å². The molecule has 0 spiro atoms. The van der Waals surface area contributed by atoms with Gasteiger partial charge in [-0.2, -0.15) is 0 Å². The Kier molecular flexibility index (Phi) is 6.02. The van der Waals surface area contributed by atoms with Crippen molar-refractivity contribution < 1.29 is 4.79 Å². The minimum Gasteiger partial charge on any atom is -0.384 e. The second-order valence-electron chi connectivity index (χ2n) is 6.18. The van der Waals surface area contributed by atoms with Gasteiger partial charge in [0, 0.05) is 44.8 Å². The van der Waals surface area contributed by atoms with E-state index in [1.807, 2.05) is 25.2 Å². The average molecular weight is 277 g/mol. The van der Waals surface area contributed by atoms with Gasteiger partial charge in [-0.05, 0) is 38.5 Å². The second-order valence-corrected chi connectivity index (χ2v) is 6.18. The van der Waals surface area contributed by atoms with Crippen LogP contribution in [0, 0.1) is 0 Å². The first-order valence-electron chi connectivity index (χ1n) is 7.07. The molecule has 0 aliphatic rings. The molecule has 0 bridgehead atoms. The molecule has 0 unspecified atom stereocenters. The molecule has 2 N–H and O–H groups in total. The van der Waals surface area contributed by atoms with Gasteiger partial charge in [0.2, 0.25) is 5.91 Å². The highest BCUT2D eigenvalue weighted by Crippen LogP contribution is 2.12. The molecule has 0 heterocycles. The van der Waals surface area contributed by atoms with Crippen LogP contribution in [0.2, 0.25) is 0 Å². The third kappa shape index (κ3) is 6.57. The zero-order valence-corrected chi connectivity index (χ0v) is 13.3. The quantitative estimate of drug-likeness (QED) is 0.785. The molecular weight excluding hydrogens is 250 g/mol. The van der Waals surface area contributed by atoms with Crippen molar-refractivity contribution in [3.8, 4) is 0 Å². The minimum atomic E-state index is 0.0812. The van der Waals surface area contributed by atoms with Gasteiger partial charge in [0.25, 0.3) is 0 Å². The van der Waals surface area contributed by atoms with Crippen LogP contribution in [-0.4, -0.2) is 36.5 Å². The predicted molar refractivity (Wildman–Crippen MR) is 84.8 cm³/mol. The van der Waals surface area contributed by atoms with Gasteiger partial charge in [-0.3, -0.25) is 4.79 Å². The van der Waals surface area contributed by atoms with E-state index in [1.165, 1.54) is 0 Å². The summed E-state index contributed by atoms with van der Waals surface area (Å²) in [5, 5.41) is 6.83. The lowest BCUT2D eigenvalue weighted by Gasteiger charge is -2.21. The monoisotopic (exact) mass is 277 g/mol. The number of nitrogens with one attached hydrogen (secondary N) is 2. The number of nitrogens with zero attached hydrogens (tertiary/aromatic N) is 1. The number of hydrogen-bond donors (Lipinski definition) is 2. The summed E-state index contributed by atoms with van der Waals surface area (Å²) in [7, 11) is 1.82. The van der Waals surface area contributed by atoms with Gasteiger partial charge in [0.1, 0.15) is 0 Å². The van der Waals surface area contributed by atoms with Crippen molar-refractivity contribution in [3.63, 3.8) is 0 Å². The summed E-state index contributed by atoms with van der Waals surface area (Å²) < 4.78 is 0. The molecule has 1 rings (SSSR count). The molecule has 0 aliphatic heterocycles. The Balaban J connectivity index is 2.46. The Morgan fingerprint density at radius 2 is 1.95 bits per heavy atom. The van der Waals surface area contributed by atoms with E-state index in [0.29, 0.717) is 6.54 Å². The SMILES string of the molecule is CC(=O)N(C)Cc1cccc(NCCNC(C)(C)C)c1. The number of anilines is 1. The summed E-state index contributed by atoms with van der Waals surface area (Å²) in [6, 6.07) is 8.20. The second kappa shape index (κ2) is 7.29. The van der Waals surface area contributed by atoms with Crippen molar-refractivity contribution in [3.05, 3.63) is 29.8 Å². The molecule has 0 aliphatic carbocycles. The van der Waals surface area contributed by atoms with Crippen LogP contribution in [0.4, 0.5) is 5.69 Å². The van der Waals surface area contributed by atoms with Crippen molar-refractivity contribution in [1.82, 2.24) is 10.2 Å². The Labute approximate surface area is 122 Å². The van der Waals surface area contributed by atoms with Gasteiger partial charge in [0.05, 0.1) is 0 Å². The first-order chi connectivity index (χ1) is 9.28. The number of carbonyl (C=O) groups excluding carboxylic acids is 1. The molecule has 0 fully saturated rings. The highest BCUT2D eigenvalue weighted by Gasteiger charge is 2.07. The van der Waals surface area contributed by atoms with E-state index >= 15 is 0 Å². The van der Waals surface area contributed by atoms with Crippen LogP contribution in [0.15, 0.2) is 24.3 Å². The maximum absolute atomic E-state index is 11.2. The Hall–Kier alpha value is -1.55. The summed E-state index contributed by atoms with van der Waals surface area (Å²) in [5.41, 5.74) is 2.37. The molecule has 1 aromatic rings. The zero-order valence-electron chi connectivity index (χ0n) is 13.3. The van der Waals surface area contributed by atoms with Gasteiger partial charge in [-0.25, -0.2) is 0 Å². The van der Waals surface area contributed by atoms with E-state index in [1.54, 1.807) is 11.8 Å². The lowest BCUT2D eigenvalue weighted by molar-refractivity contribution is -0.128. The number of rotatable bonds is 6. The summed E-state index contributed by atoms with van der Waals surface area (Å²) in [4.78, 5) is 12.9. The number of hydrogen-bond acceptors (Lipinski definition) is 3. The van der Waals surface area contributed by atoms with Crippen LogP contribution in [0.3, 0.4) is 0 Å². The highest BCUT2D eigenvalue weighted by molar-refractivity contribution is 5.72. The molecule has 0 aromatic heterocycles. The van der Waals surface area contributed by atoms with Crippen LogP contribution in [-0.2, 0) is 11.3 Å². The molecule has 0 atom stereocenters. The fraction of sp³-hybridized carbons (Fsp3) is 0.562. The lowest BCUT2D eigenvalue weighted by atomic mass is 10.1. The van der Waals surface area contributed by atoms with E-state index in [-0.39, 0.29) is 11.4 Å². The molecule has 20 heavy (non-hydrogen) atoms. The first-order valence-corrected chi connectivity index (χ1v) is 7.07. The molecule has 4 heteroatoms. The number of benzene rings is 1. The van der Waals surface area contributed by atoms with Crippen LogP contribution in [0.1, 0.15) is 33.3 Å². The van der Waals surface area contributed by atoms with Crippen molar-refractivity contribution in [2.45, 2.75) is 39.8 Å². The van der Waals surface area contributed by atoms with E-state index in [0.717, 1.165) is 24.3 Å². The van der Waals surface area contributed by atoms with Gasteiger partial charge in [-0.1, -0.05) is 12.1 Å². The molecule has 1 aromatic carbocycles. The van der Waals surface area contributed by atoms with Crippen molar-refractivity contribution in [1.29, 1.82) is 0 Å². The van der Waals surface area contributed by atoms with Gasteiger partial charge in [0.15, 0.2) is 0 Å². The summed E-state index contributed by atoms with van der Waals surface area (Å²) >= 11 is 0. The molecular formula is C16H27N3O. The Morgan fingerprint density at radius 1 is 1.25 bits per heavy atom. The van der Waals surface area contributed by atoms with Gasteiger partial charge >= 0.3 is 0 Å². The van der Waals surface area contributed by atoms with Gasteiger partial charge < -0.3 is 15.5 Å². The molecule has 4 nitrogen and oxygen atoms in total. The number of amides is 1. The fourth-order valence-electron chi connectivity index (χ4n) is 1.81. The molecule has 0 radical (unpaired) electrons. The third-order valence-corrected chi connectivity index (χ3v) is 2.99. The van der Waals surface area contributed by atoms with Crippen LogP contribution < -0.4 is 10.6 Å². The van der Waals surface area contributed by atoms with Gasteiger partial charge in [-0.15, -0.1) is 0 Å². The largest absolute Gasteiger partial charge is 0.384 e. The van der Waals surface area contributed by atoms with Crippen molar-refractivity contribution in [2.24, 2.45) is 0 Å². The van der Waals surface area contributed by atoms with Crippen molar-refractivity contribution >= 4 is 11.6 Å². The smallest absolute Gasteiger partial charge is 0.219 e. The maximum Gasteiger partial charge on any atom is 0.219 e. The minimum absolute atomic E-state index is 0.0812. The molecule has 1 amide bonds. The Bertz CT molecular complexity index is 438. The molecule has 0 saturated carbocycles. The topological polar surface area (TPSA) is 44.4 Å². The summed E-state index contributed by atoms with van der Waals surface area (Å²) in [6.07, 6.45) is 0. The normalized spacial score (nSPS) is 11.2. The van der Waals surface area contributed by atoms with Crippen LogP contribution >= 0.6 is 0 Å². The van der Waals surface area contributed by atoms with E-state index in [2.05, 4.69) is 37.5 Å². The van der Waals surface area contributed by atoms with E-state index in [9.17, 15) is 4.79 Å². The maximum atomic E-state index is 11.2. The fourth-order valence-corrected chi connectivity index (χ4v) is 1.81. The standard InChI is InChI=1S/C16H27N3O/c1-13(20)19(5)12-14-7-6-8-15(11-14)17-9-10-18-16(2,3)4/h6-8,11,17-18H,9-10,12H2,1-5H3. The Morgan fingerprint density at radius 3 is 2.55 bits per heavy atom. The third-order valence-electron chi connectivity index (χ3n) is 2.99. The highest BCUT2D eigenvalue weighted by atomic mass is 16.2. The molecule has 0 saturated heterocycles. The summed E-state index contributed by atoms with van der Waals surface area (Å²) in [5.74, 6) is 0.0812. The number of carbonyl (C=O) groups is 1. The first kappa shape index (κ1) is 16.5.